The molecule has 0 aliphatic rings. The Hall–Kier alpha value is -1.63. The standard InChI is InChI=1S/C12H18N2O4S/c1-8(2)14(6-11(16)17)10(15)4-5-13-9(3)7-19-12(13)18/h7-8H,4-6H2,1-3H3,(H,16,17). The highest BCUT2D eigenvalue weighted by Gasteiger charge is 2.19. The van der Waals surface area contributed by atoms with E-state index in [0.29, 0.717) is 0 Å². The fraction of sp³-hybridized carbons (Fsp3) is 0.583. The Morgan fingerprint density at radius 3 is 2.53 bits per heavy atom. The van der Waals surface area contributed by atoms with Crippen LogP contribution in [0.2, 0.25) is 0 Å². The average Bonchev–Trinajstić information content (AvgIpc) is 2.62. The molecule has 0 unspecified atom stereocenters. The molecular weight excluding hydrogens is 268 g/mol. The molecule has 7 heteroatoms. The van der Waals surface area contributed by atoms with Gasteiger partial charge in [-0.25, -0.2) is 0 Å². The topological polar surface area (TPSA) is 79.6 Å². The highest BCUT2D eigenvalue weighted by atomic mass is 32.1. The molecular formula is C12H18N2O4S. The van der Waals surface area contributed by atoms with Crippen molar-refractivity contribution in [3.8, 4) is 0 Å². The Balaban J connectivity index is 2.68. The molecule has 106 valence electrons. The van der Waals surface area contributed by atoms with E-state index in [1.807, 2.05) is 0 Å². The molecule has 1 rings (SSSR count). The highest BCUT2D eigenvalue weighted by Crippen LogP contribution is 2.05. The summed E-state index contributed by atoms with van der Waals surface area (Å²) in [6, 6.07) is -0.177. The molecule has 1 aromatic heterocycles. The summed E-state index contributed by atoms with van der Waals surface area (Å²) < 4.78 is 1.53. The van der Waals surface area contributed by atoms with Gasteiger partial charge in [0.05, 0.1) is 0 Å². The van der Waals surface area contributed by atoms with E-state index < -0.39 is 5.97 Å². The van der Waals surface area contributed by atoms with Crippen molar-refractivity contribution >= 4 is 23.2 Å². The molecule has 0 bridgehead atoms. The van der Waals surface area contributed by atoms with E-state index in [4.69, 9.17) is 5.11 Å². The normalized spacial score (nSPS) is 10.7. The van der Waals surface area contributed by atoms with Gasteiger partial charge in [0.1, 0.15) is 6.54 Å². The molecule has 0 saturated carbocycles. The quantitative estimate of drug-likeness (QED) is 0.843. The monoisotopic (exact) mass is 286 g/mol. The smallest absolute Gasteiger partial charge is 0.323 e. The van der Waals surface area contributed by atoms with Crippen molar-refractivity contribution < 1.29 is 14.7 Å². The zero-order chi connectivity index (χ0) is 14.6. The number of amides is 1. The summed E-state index contributed by atoms with van der Waals surface area (Å²) >= 11 is 1.10. The van der Waals surface area contributed by atoms with Gasteiger partial charge in [0.15, 0.2) is 0 Å². The second-order valence-electron chi connectivity index (χ2n) is 4.55. The summed E-state index contributed by atoms with van der Waals surface area (Å²) in [6.07, 6.45) is 0.128. The lowest BCUT2D eigenvalue weighted by Gasteiger charge is -2.25. The third-order valence-corrected chi connectivity index (χ3v) is 3.66. The van der Waals surface area contributed by atoms with Crippen LogP contribution in [0, 0.1) is 6.92 Å². The number of aliphatic carboxylic acids is 1. The molecule has 0 aromatic carbocycles. The zero-order valence-electron chi connectivity index (χ0n) is 11.3. The number of hydrogen-bond acceptors (Lipinski definition) is 4. The number of carboxylic acid groups (broad SMARTS) is 1. The van der Waals surface area contributed by atoms with Crippen molar-refractivity contribution in [2.45, 2.75) is 39.8 Å². The molecule has 0 aliphatic carbocycles. The molecule has 1 aromatic rings. The molecule has 0 fully saturated rings. The van der Waals surface area contributed by atoms with Gasteiger partial charge < -0.3 is 14.6 Å². The van der Waals surface area contributed by atoms with Crippen molar-refractivity contribution in [3.63, 3.8) is 0 Å². The maximum atomic E-state index is 12.0. The van der Waals surface area contributed by atoms with E-state index in [1.165, 1.54) is 9.47 Å². The minimum Gasteiger partial charge on any atom is -0.480 e. The molecule has 0 saturated heterocycles. The van der Waals surface area contributed by atoms with E-state index in [1.54, 1.807) is 26.2 Å². The van der Waals surface area contributed by atoms with E-state index in [9.17, 15) is 14.4 Å². The second-order valence-corrected chi connectivity index (χ2v) is 5.37. The van der Waals surface area contributed by atoms with Crippen LogP contribution in [0.1, 0.15) is 26.0 Å². The van der Waals surface area contributed by atoms with E-state index in [2.05, 4.69) is 0 Å². The molecule has 6 nitrogen and oxygen atoms in total. The summed E-state index contributed by atoms with van der Waals surface area (Å²) in [7, 11) is 0. The van der Waals surface area contributed by atoms with Crippen LogP contribution in [-0.2, 0) is 16.1 Å². The van der Waals surface area contributed by atoms with Crippen LogP contribution in [-0.4, -0.2) is 39.0 Å². The van der Waals surface area contributed by atoms with Crippen LogP contribution in [0.3, 0.4) is 0 Å². The van der Waals surface area contributed by atoms with E-state index >= 15 is 0 Å². The molecule has 1 amide bonds. The summed E-state index contributed by atoms with van der Waals surface area (Å²) in [5.74, 6) is -1.29. The van der Waals surface area contributed by atoms with Crippen LogP contribution < -0.4 is 4.87 Å². The van der Waals surface area contributed by atoms with Gasteiger partial charge in [0.25, 0.3) is 0 Å². The summed E-state index contributed by atoms with van der Waals surface area (Å²) in [6.45, 7) is 5.31. The van der Waals surface area contributed by atoms with Crippen molar-refractivity contribution in [1.82, 2.24) is 9.47 Å². The number of hydrogen-bond donors (Lipinski definition) is 1. The Bertz CT molecular complexity index is 518. The summed E-state index contributed by atoms with van der Waals surface area (Å²) in [4.78, 5) is 35.4. The van der Waals surface area contributed by atoms with Gasteiger partial charge in [-0.15, -0.1) is 0 Å². The number of aryl methyl sites for hydroxylation is 1. The van der Waals surface area contributed by atoms with Gasteiger partial charge in [-0.05, 0) is 20.8 Å². The van der Waals surface area contributed by atoms with Crippen molar-refractivity contribution in [2.75, 3.05) is 6.54 Å². The minimum atomic E-state index is -1.04. The number of rotatable bonds is 6. The predicted molar refractivity (Wildman–Crippen MR) is 72.4 cm³/mol. The number of carbonyl (C=O) groups excluding carboxylic acids is 1. The number of thiazole rings is 1. The van der Waals surface area contributed by atoms with Crippen molar-refractivity contribution in [2.24, 2.45) is 0 Å². The molecule has 1 N–H and O–H groups in total. The Kier molecular flexibility index (Phi) is 5.29. The maximum Gasteiger partial charge on any atom is 0.323 e. The van der Waals surface area contributed by atoms with Crippen LogP contribution in [0.5, 0.6) is 0 Å². The first-order chi connectivity index (χ1) is 8.82. The van der Waals surface area contributed by atoms with Gasteiger partial charge in [-0.3, -0.25) is 14.4 Å². The Morgan fingerprint density at radius 2 is 2.11 bits per heavy atom. The SMILES string of the molecule is Cc1csc(=O)n1CCC(=O)N(CC(=O)O)C(C)C. The molecule has 0 radical (unpaired) electrons. The minimum absolute atomic E-state index is 0.0976. The lowest BCUT2D eigenvalue weighted by Crippen LogP contribution is -2.41. The molecule has 1 heterocycles. The number of nitrogens with zero attached hydrogens (tertiary/aromatic N) is 2. The first kappa shape index (κ1) is 15.4. The van der Waals surface area contributed by atoms with Gasteiger partial charge in [0, 0.05) is 30.1 Å². The van der Waals surface area contributed by atoms with Crippen molar-refractivity contribution in [1.29, 1.82) is 0 Å². The first-order valence-electron chi connectivity index (χ1n) is 5.99. The molecule has 0 spiro atoms. The predicted octanol–water partition coefficient (Wildman–Crippen LogP) is 0.930. The lowest BCUT2D eigenvalue weighted by molar-refractivity contribution is -0.145. The summed E-state index contributed by atoms with van der Waals surface area (Å²) in [5.41, 5.74) is 0.817. The molecule has 0 aliphatic heterocycles. The largest absolute Gasteiger partial charge is 0.480 e. The lowest BCUT2D eigenvalue weighted by atomic mass is 10.2. The first-order valence-corrected chi connectivity index (χ1v) is 6.87. The summed E-state index contributed by atoms with van der Waals surface area (Å²) in [5, 5.41) is 10.5. The number of carbonyl (C=O) groups is 2. The van der Waals surface area contributed by atoms with Gasteiger partial charge >= 0.3 is 10.8 Å². The fourth-order valence-electron chi connectivity index (χ4n) is 1.73. The maximum absolute atomic E-state index is 12.0. The van der Waals surface area contributed by atoms with Gasteiger partial charge in [-0.1, -0.05) is 11.3 Å². The van der Waals surface area contributed by atoms with Crippen LogP contribution in [0.25, 0.3) is 0 Å². The number of carboxylic acids is 1. The average molecular weight is 286 g/mol. The number of aromatic nitrogens is 1. The molecule has 19 heavy (non-hydrogen) atoms. The molecule has 0 atom stereocenters. The van der Waals surface area contributed by atoms with E-state index in [-0.39, 0.29) is 36.3 Å². The van der Waals surface area contributed by atoms with E-state index in [0.717, 1.165) is 17.0 Å². The van der Waals surface area contributed by atoms with Crippen LogP contribution in [0.15, 0.2) is 10.2 Å². The zero-order valence-corrected chi connectivity index (χ0v) is 12.1. The third-order valence-electron chi connectivity index (χ3n) is 2.78. The van der Waals surface area contributed by atoms with Crippen molar-refractivity contribution in [3.05, 3.63) is 20.7 Å². The highest BCUT2D eigenvalue weighted by molar-refractivity contribution is 7.07. The Morgan fingerprint density at radius 1 is 1.47 bits per heavy atom. The van der Waals surface area contributed by atoms with Crippen LogP contribution in [0.4, 0.5) is 0 Å². The fourth-order valence-corrected chi connectivity index (χ4v) is 2.49. The third kappa shape index (κ3) is 4.20. The van der Waals surface area contributed by atoms with Crippen LogP contribution >= 0.6 is 11.3 Å². The van der Waals surface area contributed by atoms with Gasteiger partial charge in [-0.2, -0.15) is 0 Å². The second kappa shape index (κ2) is 6.51. The Labute approximate surface area is 115 Å². The van der Waals surface area contributed by atoms with Gasteiger partial charge in [0.2, 0.25) is 5.91 Å².